The molecule has 28 heavy (non-hydrogen) atoms. The summed E-state index contributed by atoms with van der Waals surface area (Å²) in [5.74, 6) is 0.201. The summed E-state index contributed by atoms with van der Waals surface area (Å²) >= 11 is 1.16. The highest BCUT2D eigenvalue weighted by Gasteiger charge is 2.30. The van der Waals surface area contributed by atoms with Gasteiger partial charge in [0.15, 0.2) is 0 Å². The van der Waals surface area contributed by atoms with Crippen LogP contribution < -0.4 is 15.4 Å². The average Bonchev–Trinajstić information content (AvgIpc) is 3.16. The molecular formula is C20H20N4O3S. The lowest BCUT2D eigenvalue weighted by Crippen LogP contribution is -2.24. The first-order valence-electron chi connectivity index (χ1n) is 9.13. The highest BCUT2D eigenvalue weighted by atomic mass is 32.1. The summed E-state index contributed by atoms with van der Waals surface area (Å²) in [5.41, 5.74) is 4.80. The molecule has 1 atom stereocenters. The second-order valence-corrected chi connectivity index (χ2v) is 7.25. The third kappa shape index (κ3) is 3.31. The largest absolute Gasteiger partial charge is 0.494 e. The molecule has 0 fully saturated rings. The van der Waals surface area contributed by atoms with E-state index < -0.39 is 0 Å². The van der Waals surface area contributed by atoms with Gasteiger partial charge < -0.3 is 15.4 Å². The first-order chi connectivity index (χ1) is 13.6. The van der Waals surface area contributed by atoms with Crippen LogP contribution in [-0.4, -0.2) is 27.7 Å². The molecule has 1 unspecified atom stereocenters. The standard InChI is InChI=1S/C20H20N4O3S/c1-3-5-18(25)22-16-8-13-12(9-19(26)21-15(13)10-17(16)27-2)11-6-4-7-14-20(11)24-28-23-14/h4,6-8,10,12H,3,5,9H2,1-2H3,(H,21,26)(H,22,25). The molecule has 7 nitrogen and oxygen atoms in total. The van der Waals surface area contributed by atoms with Crippen LogP contribution in [-0.2, 0) is 9.59 Å². The minimum Gasteiger partial charge on any atom is -0.494 e. The minimum atomic E-state index is -0.177. The zero-order chi connectivity index (χ0) is 19.7. The van der Waals surface area contributed by atoms with Gasteiger partial charge in [-0.25, -0.2) is 0 Å². The zero-order valence-electron chi connectivity index (χ0n) is 15.6. The van der Waals surface area contributed by atoms with Crippen molar-refractivity contribution in [1.82, 2.24) is 8.75 Å². The molecule has 0 spiro atoms. The second-order valence-electron chi connectivity index (χ2n) is 6.72. The molecular weight excluding hydrogens is 376 g/mol. The first-order valence-corrected chi connectivity index (χ1v) is 9.86. The molecule has 2 N–H and O–H groups in total. The number of aromatic nitrogens is 2. The van der Waals surface area contributed by atoms with Gasteiger partial charge in [-0.15, -0.1) is 0 Å². The number of carbonyl (C=O) groups is 2. The normalized spacial score (nSPS) is 15.8. The summed E-state index contributed by atoms with van der Waals surface area (Å²) in [5, 5.41) is 5.84. The van der Waals surface area contributed by atoms with Gasteiger partial charge in [-0.2, -0.15) is 8.75 Å². The summed E-state index contributed by atoms with van der Waals surface area (Å²) in [7, 11) is 1.54. The maximum absolute atomic E-state index is 12.4. The van der Waals surface area contributed by atoms with Gasteiger partial charge in [-0.1, -0.05) is 19.1 Å². The van der Waals surface area contributed by atoms with Crippen molar-refractivity contribution in [1.29, 1.82) is 0 Å². The number of hydrogen-bond donors (Lipinski definition) is 2. The number of nitrogens with one attached hydrogen (secondary N) is 2. The van der Waals surface area contributed by atoms with Crippen LogP contribution in [0.1, 0.15) is 43.2 Å². The van der Waals surface area contributed by atoms with E-state index in [4.69, 9.17) is 4.74 Å². The monoisotopic (exact) mass is 396 g/mol. The van der Waals surface area contributed by atoms with E-state index in [1.807, 2.05) is 31.2 Å². The number of carbonyl (C=O) groups excluding carboxylic acids is 2. The van der Waals surface area contributed by atoms with Crippen molar-refractivity contribution in [2.75, 3.05) is 17.7 Å². The molecule has 8 heteroatoms. The fourth-order valence-electron chi connectivity index (χ4n) is 3.58. The van der Waals surface area contributed by atoms with E-state index in [0.717, 1.165) is 40.3 Å². The van der Waals surface area contributed by atoms with Gasteiger partial charge >= 0.3 is 0 Å². The lowest BCUT2D eigenvalue weighted by Gasteiger charge is -2.27. The highest BCUT2D eigenvalue weighted by molar-refractivity contribution is 7.00. The predicted molar refractivity (Wildman–Crippen MR) is 109 cm³/mol. The van der Waals surface area contributed by atoms with Crippen LogP contribution >= 0.6 is 11.7 Å². The topological polar surface area (TPSA) is 93.2 Å². The average molecular weight is 396 g/mol. The van der Waals surface area contributed by atoms with Gasteiger partial charge in [0.05, 0.1) is 24.5 Å². The smallest absolute Gasteiger partial charge is 0.225 e. The van der Waals surface area contributed by atoms with Crippen LogP contribution in [0.15, 0.2) is 30.3 Å². The van der Waals surface area contributed by atoms with E-state index >= 15 is 0 Å². The Morgan fingerprint density at radius 3 is 2.96 bits per heavy atom. The van der Waals surface area contributed by atoms with Gasteiger partial charge in [0.2, 0.25) is 11.8 Å². The number of amides is 2. The molecule has 2 aromatic carbocycles. The van der Waals surface area contributed by atoms with Crippen LogP contribution in [0, 0.1) is 0 Å². The lowest BCUT2D eigenvalue weighted by molar-refractivity contribution is -0.117. The quantitative estimate of drug-likeness (QED) is 0.682. The molecule has 4 rings (SSSR count). The molecule has 1 aliphatic heterocycles. The van der Waals surface area contributed by atoms with Gasteiger partial charge in [0.1, 0.15) is 16.8 Å². The maximum Gasteiger partial charge on any atom is 0.225 e. The molecule has 2 amide bonds. The van der Waals surface area contributed by atoms with Crippen LogP contribution in [0.2, 0.25) is 0 Å². The molecule has 0 bridgehead atoms. The number of methoxy groups -OCH3 is 1. The van der Waals surface area contributed by atoms with Crippen LogP contribution in [0.25, 0.3) is 11.0 Å². The van der Waals surface area contributed by atoms with Crippen molar-refractivity contribution in [2.45, 2.75) is 32.1 Å². The third-order valence-corrected chi connectivity index (χ3v) is 5.40. The summed E-state index contributed by atoms with van der Waals surface area (Å²) in [6.07, 6.45) is 1.50. The molecule has 2 heterocycles. The summed E-state index contributed by atoms with van der Waals surface area (Å²) in [6.45, 7) is 1.96. The number of hydrogen-bond acceptors (Lipinski definition) is 6. The van der Waals surface area contributed by atoms with Gasteiger partial charge in [-0.05, 0) is 29.7 Å². The third-order valence-electron chi connectivity index (χ3n) is 4.85. The Kier molecular flexibility index (Phi) is 4.95. The summed E-state index contributed by atoms with van der Waals surface area (Å²) in [4.78, 5) is 24.5. The molecule has 0 saturated heterocycles. The van der Waals surface area contributed by atoms with Gasteiger partial charge in [0.25, 0.3) is 0 Å². The number of benzene rings is 2. The van der Waals surface area contributed by atoms with Crippen molar-refractivity contribution in [3.05, 3.63) is 41.5 Å². The van der Waals surface area contributed by atoms with E-state index in [0.29, 0.717) is 30.0 Å². The van der Waals surface area contributed by atoms with E-state index in [-0.39, 0.29) is 17.7 Å². The molecule has 1 aliphatic rings. The van der Waals surface area contributed by atoms with Crippen molar-refractivity contribution in [3.63, 3.8) is 0 Å². The van der Waals surface area contributed by atoms with Crippen LogP contribution in [0.5, 0.6) is 5.75 Å². The Morgan fingerprint density at radius 1 is 1.32 bits per heavy atom. The van der Waals surface area contributed by atoms with Crippen molar-refractivity contribution in [2.24, 2.45) is 0 Å². The van der Waals surface area contributed by atoms with Crippen LogP contribution in [0.4, 0.5) is 11.4 Å². The lowest BCUT2D eigenvalue weighted by atomic mass is 9.83. The SMILES string of the molecule is CCCC(=O)Nc1cc2c(cc1OC)NC(=O)CC2c1cccc2nsnc12. The number of nitrogens with zero attached hydrogens (tertiary/aromatic N) is 2. The Bertz CT molecular complexity index is 1060. The molecule has 3 aromatic rings. The Hall–Kier alpha value is -3.00. The summed E-state index contributed by atoms with van der Waals surface area (Å²) < 4.78 is 14.2. The Morgan fingerprint density at radius 2 is 2.18 bits per heavy atom. The van der Waals surface area contributed by atoms with E-state index in [1.165, 1.54) is 0 Å². The first kappa shape index (κ1) is 18.4. The zero-order valence-corrected chi connectivity index (χ0v) is 16.4. The van der Waals surface area contributed by atoms with E-state index in [1.54, 1.807) is 13.2 Å². The number of ether oxygens (including phenoxy) is 1. The fourth-order valence-corrected chi connectivity index (χ4v) is 4.14. The minimum absolute atomic E-state index is 0.0667. The second kappa shape index (κ2) is 7.55. The maximum atomic E-state index is 12.4. The number of fused-ring (bicyclic) bond motifs is 2. The Labute approximate surface area is 166 Å². The van der Waals surface area contributed by atoms with Crippen molar-refractivity contribution < 1.29 is 14.3 Å². The molecule has 1 aromatic heterocycles. The molecule has 0 radical (unpaired) electrons. The highest BCUT2D eigenvalue weighted by Crippen LogP contribution is 2.43. The van der Waals surface area contributed by atoms with Gasteiger partial charge in [-0.3, -0.25) is 9.59 Å². The predicted octanol–water partition coefficient (Wildman–Crippen LogP) is 3.91. The van der Waals surface area contributed by atoms with Crippen molar-refractivity contribution in [3.8, 4) is 5.75 Å². The molecule has 0 aliphatic carbocycles. The van der Waals surface area contributed by atoms with E-state index in [9.17, 15) is 9.59 Å². The number of anilines is 2. The Balaban J connectivity index is 1.83. The fraction of sp³-hybridized carbons (Fsp3) is 0.300. The molecule has 0 saturated carbocycles. The van der Waals surface area contributed by atoms with Crippen molar-refractivity contribution >= 4 is 46.0 Å². The number of rotatable bonds is 5. The van der Waals surface area contributed by atoms with Gasteiger partial charge in [0, 0.05) is 30.5 Å². The van der Waals surface area contributed by atoms with Crippen LogP contribution in [0.3, 0.4) is 0 Å². The van der Waals surface area contributed by atoms with E-state index in [2.05, 4.69) is 19.4 Å². The molecule has 144 valence electrons. The summed E-state index contributed by atoms with van der Waals surface area (Å²) in [6, 6.07) is 9.48.